The minimum Gasteiger partial charge on any atom is -0.409 e. The maximum atomic E-state index is 8.66. The van der Waals surface area contributed by atoms with Crippen LogP contribution in [0.15, 0.2) is 23.4 Å². The van der Waals surface area contributed by atoms with Crippen LogP contribution in [0.25, 0.3) is 0 Å². The Morgan fingerprint density at radius 3 is 2.55 bits per heavy atom. The molecule has 1 aromatic rings. The summed E-state index contributed by atoms with van der Waals surface area (Å²) in [4.78, 5) is 2.28. The van der Waals surface area contributed by atoms with Gasteiger partial charge in [0.25, 0.3) is 0 Å². The normalized spacial score (nSPS) is 14.1. The Morgan fingerprint density at radius 2 is 2.05 bits per heavy atom. The second-order valence-electron chi connectivity index (χ2n) is 5.69. The molecule has 0 radical (unpaired) electrons. The number of nitrogens with zero attached hydrogens (tertiary/aromatic N) is 2. The smallest absolute Gasteiger partial charge is 0.170 e. The summed E-state index contributed by atoms with van der Waals surface area (Å²) in [7, 11) is 2.10. The van der Waals surface area contributed by atoms with Gasteiger partial charge >= 0.3 is 0 Å². The fraction of sp³-hybridized carbons (Fsp3) is 0.533. The molecule has 0 amide bonds. The van der Waals surface area contributed by atoms with Gasteiger partial charge < -0.3 is 10.9 Å². The molecule has 112 valence electrons. The zero-order valence-corrected chi connectivity index (χ0v) is 13.4. The molecule has 0 heterocycles. The van der Waals surface area contributed by atoms with Crippen LogP contribution >= 0.6 is 11.6 Å². The zero-order valence-electron chi connectivity index (χ0n) is 12.6. The van der Waals surface area contributed by atoms with Gasteiger partial charge in [0.2, 0.25) is 0 Å². The highest BCUT2D eigenvalue weighted by atomic mass is 35.5. The first kappa shape index (κ1) is 16.8. The molecular formula is C15H24ClN3O. The van der Waals surface area contributed by atoms with Crippen molar-refractivity contribution < 1.29 is 5.21 Å². The summed E-state index contributed by atoms with van der Waals surface area (Å²) in [5.74, 6) is 0.742. The third kappa shape index (κ3) is 4.69. The van der Waals surface area contributed by atoms with Crippen LogP contribution in [0.4, 0.5) is 0 Å². The van der Waals surface area contributed by atoms with Crippen molar-refractivity contribution in [3.05, 3.63) is 34.3 Å². The highest BCUT2D eigenvalue weighted by molar-refractivity contribution is 6.31. The lowest BCUT2D eigenvalue weighted by atomic mass is 10.0. The predicted molar refractivity (Wildman–Crippen MR) is 84.3 cm³/mol. The third-order valence-electron chi connectivity index (χ3n) is 3.44. The van der Waals surface area contributed by atoms with Gasteiger partial charge in [-0.25, -0.2) is 0 Å². The minimum absolute atomic E-state index is 0.0694. The van der Waals surface area contributed by atoms with E-state index >= 15 is 0 Å². The van der Waals surface area contributed by atoms with Gasteiger partial charge in [-0.1, -0.05) is 42.7 Å². The quantitative estimate of drug-likeness (QED) is 0.366. The van der Waals surface area contributed by atoms with Crippen molar-refractivity contribution in [3.8, 4) is 0 Å². The van der Waals surface area contributed by atoms with E-state index in [-0.39, 0.29) is 5.84 Å². The van der Waals surface area contributed by atoms with Gasteiger partial charge in [-0.05, 0) is 37.9 Å². The SMILES string of the molecule is CC(C)CC(C)N(C)Cc1ccc(/C(N)=N/O)cc1Cl. The number of amidine groups is 1. The number of halogens is 1. The fourth-order valence-electron chi connectivity index (χ4n) is 2.18. The molecule has 0 aliphatic rings. The van der Waals surface area contributed by atoms with Crippen LogP contribution in [0.2, 0.25) is 5.02 Å². The average molecular weight is 298 g/mol. The van der Waals surface area contributed by atoms with Crippen LogP contribution in [0.1, 0.15) is 38.3 Å². The Labute approximate surface area is 126 Å². The van der Waals surface area contributed by atoms with E-state index in [2.05, 4.69) is 37.9 Å². The topological polar surface area (TPSA) is 61.8 Å². The lowest BCUT2D eigenvalue weighted by Crippen LogP contribution is -2.29. The minimum atomic E-state index is 0.0694. The lowest BCUT2D eigenvalue weighted by molar-refractivity contribution is 0.220. The van der Waals surface area contributed by atoms with Gasteiger partial charge in [0.15, 0.2) is 5.84 Å². The molecule has 1 atom stereocenters. The van der Waals surface area contributed by atoms with E-state index in [1.165, 1.54) is 0 Å². The second kappa shape index (κ2) is 7.50. The van der Waals surface area contributed by atoms with Crippen molar-refractivity contribution in [2.45, 2.75) is 39.8 Å². The van der Waals surface area contributed by atoms with Crippen molar-refractivity contribution in [1.29, 1.82) is 0 Å². The Morgan fingerprint density at radius 1 is 1.40 bits per heavy atom. The van der Waals surface area contributed by atoms with Crippen molar-refractivity contribution in [2.75, 3.05) is 7.05 Å². The molecule has 1 unspecified atom stereocenters. The van der Waals surface area contributed by atoms with E-state index < -0.39 is 0 Å². The monoisotopic (exact) mass is 297 g/mol. The Bertz CT molecular complexity index is 474. The molecule has 0 saturated carbocycles. The van der Waals surface area contributed by atoms with E-state index in [9.17, 15) is 0 Å². The standard InChI is InChI=1S/C15H24ClN3O/c1-10(2)7-11(3)19(4)9-13-6-5-12(8-14(13)16)15(17)18-20/h5-6,8,10-11,20H,7,9H2,1-4H3,(H2,17,18). The number of benzene rings is 1. The summed E-state index contributed by atoms with van der Waals surface area (Å²) in [6.45, 7) is 7.45. The van der Waals surface area contributed by atoms with Crippen LogP contribution < -0.4 is 5.73 Å². The molecule has 20 heavy (non-hydrogen) atoms. The molecule has 1 aromatic carbocycles. The summed E-state index contributed by atoms with van der Waals surface area (Å²) in [6, 6.07) is 5.97. The van der Waals surface area contributed by atoms with Crippen LogP contribution in [0.5, 0.6) is 0 Å². The second-order valence-corrected chi connectivity index (χ2v) is 6.09. The molecule has 0 aromatic heterocycles. The van der Waals surface area contributed by atoms with Crippen molar-refractivity contribution in [1.82, 2.24) is 4.90 Å². The maximum Gasteiger partial charge on any atom is 0.170 e. The number of hydrogen-bond acceptors (Lipinski definition) is 3. The molecule has 0 spiro atoms. The molecule has 5 heteroatoms. The maximum absolute atomic E-state index is 8.66. The third-order valence-corrected chi connectivity index (χ3v) is 3.79. The number of oxime groups is 1. The summed E-state index contributed by atoms with van der Waals surface area (Å²) < 4.78 is 0. The largest absolute Gasteiger partial charge is 0.409 e. The van der Waals surface area contributed by atoms with Crippen LogP contribution in [-0.4, -0.2) is 29.0 Å². The molecule has 1 rings (SSSR count). The van der Waals surface area contributed by atoms with E-state index in [1.54, 1.807) is 6.07 Å². The van der Waals surface area contributed by atoms with Crippen LogP contribution in [-0.2, 0) is 6.54 Å². The Kier molecular flexibility index (Phi) is 6.30. The molecule has 0 saturated heterocycles. The molecule has 0 aliphatic heterocycles. The Hall–Kier alpha value is -1.26. The average Bonchev–Trinajstić information content (AvgIpc) is 2.39. The van der Waals surface area contributed by atoms with Crippen molar-refractivity contribution in [3.63, 3.8) is 0 Å². The number of hydrogen-bond donors (Lipinski definition) is 2. The van der Waals surface area contributed by atoms with E-state index in [4.69, 9.17) is 22.5 Å². The van der Waals surface area contributed by atoms with Crippen LogP contribution in [0.3, 0.4) is 0 Å². The van der Waals surface area contributed by atoms with Crippen molar-refractivity contribution in [2.24, 2.45) is 16.8 Å². The van der Waals surface area contributed by atoms with Gasteiger partial charge in [0.05, 0.1) is 0 Å². The number of nitrogens with two attached hydrogens (primary N) is 1. The first-order valence-corrected chi connectivity index (χ1v) is 7.19. The summed E-state index contributed by atoms with van der Waals surface area (Å²) in [6.07, 6.45) is 1.15. The van der Waals surface area contributed by atoms with E-state index in [0.717, 1.165) is 18.5 Å². The highest BCUT2D eigenvalue weighted by Crippen LogP contribution is 2.21. The predicted octanol–water partition coefficient (Wildman–Crippen LogP) is 3.30. The number of rotatable bonds is 6. The Balaban J connectivity index is 2.78. The first-order valence-electron chi connectivity index (χ1n) is 6.81. The molecule has 0 bridgehead atoms. The van der Waals surface area contributed by atoms with Gasteiger partial charge in [-0.2, -0.15) is 0 Å². The van der Waals surface area contributed by atoms with Crippen molar-refractivity contribution >= 4 is 17.4 Å². The van der Waals surface area contributed by atoms with Gasteiger partial charge in [-0.3, -0.25) is 4.90 Å². The van der Waals surface area contributed by atoms with Gasteiger partial charge in [0.1, 0.15) is 0 Å². The highest BCUT2D eigenvalue weighted by Gasteiger charge is 2.13. The first-order chi connectivity index (χ1) is 9.35. The van der Waals surface area contributed by atoms with E-state index in [1.807, 2.05) is 12.1 Å². The summed E-state index contributed by atoms with van der Waals surface area (Å²) in [5, 5.41) is 12.3. The van der Waals surface area contributed by atoms with E-state index in [0.29, 0.717) is 22.5 Å². The van der Waals surface area contributed by atoms with Crippen LogP contribution in [0, 0.1) is 5.92 Å². The molecule has 4 nitrogen and oxygen atoms in total. The lowest BCUT2D eigenvalue weighted by Gasteiger charge is -2.26. The molecular weight excluding hydrogens is 274 g/mol. The van der Waals surface area contributed by atoms with Gasteiger partial charge in [-0.15, -0.1) is 0 Å². The fourth-order valence-corrected chi connectivity index (χ4v) is 2.42. The van der Waals surface area contributed by atoms with Gasteiger partial charge in [0, 0.05) is 23.2 Å². The molecule has 0 fully saturated rings. The molecule has 0 aliphatic carbocycles. The molecule has 3 N–H and O–H groups in total. The summed E-state index contributed by atoms with van der Waals surface area (Å²) in [5.41, 5.74) is 7.21. The zero-order chi connectivity index (χ0) is 15.3. The summed E-state index contributed by atoms with van der Waals surface area (Å²) >= 11 is 6.27.